The van der Waals surface area contributed by atoms with Gasteiger partial charge in [-0.05, 0) is 18.2 Å². The number of carboxylic acid groups (broad SMARTS) is 1. The minimum absolute atomic E-state index is 0.282. The van der Waals surface area contributed by atoms with E-state index in [9.17, 15) is 13.2 Å². The molecule has 1 aliphatic rings. The van der Waals surface area contributed by atoms with E-state index in [0.717, 1.165) is 5.69 Å². The normalized spacial score (nSPS) is 17.1. The van der Waals surface area contributed by atoms with Crippen LogP contribution in [0.4, 0.5) is 11.4 Å². The van der Waals surface area contributed by atoms with Crippen molar-refractivity contribution in [2.24, 2.45) is 0 Å². The van der Waals surface area contributed by atoms with Crippen LogP contribution in [0.5, 0.6) is 0 Å². The van der Waals surface area contributed by atoms with Gasteiger partial charge in [0.2, 0.25) is 10.0 Å². The molecule has 1 aliphatic heterocycles. The molecule has 8 heteroatoms. The van der Waals surface area contributed by atoms with Gasteiger partial charge in [0, 0.05) is 37.6 Å². The molecule has 0 aromatic heterocycles. The van der Waals surface area contributed by atoms with Crippen LogP contribution in [0, 0.1) is 0 Å². The first-order chi connectivity index (χ1) is 9.38. The van der Waals surface area contributed by atoms with E-state index in [1.165, 1.54) is 4.31 Å². The first-order valence-electron chi connectivity index (χ1n) is 6.18. The maximum Gasteiger partial charge on any atom is 0.320 e. The number of anilines is 2. The fraction of sp³-hybridized carbons (Fsp3) is 0.417. The van der Waals surface area contributed by atoms with Crippen molar-refractivity contribution in [2.75, 3.05) is 42.6 Å². The Hall–Kier alpha value is -1.80. The lowest BCUT2D eigenvalue weighted by Gasteiger charge is -2.35. The highest BCUT2D eigenvalue weighted by atomic mass is 32.2. The van der Waals surface area contributed by atoms with E-state index in [-0.39, 0.29) is 13.1 Å². The molecule has 0 radical (unpaired) electrons. The van der Waals surface area contributed by atoms with Crippen LogP contribution in [0.1, 0.15) is 0 Å². The van der Waals surface area contributed by atoms with E-state index in [1.807, 2.05) is 23.1 Å². The fourth-order valence-corrected chi connectivity index (χ4v) is 3.41. The third-order valence-electron chi connectivity index (χ3n) is 3.17. The topological polar surface area (TPSA) is 104 Å². The Labute approximate surface area is 117 Å². The summed E-state index contributed by atoms with van der Waals surface area (Å²) in [7, 11) is -3.71. The molecule has 3 N–H and O–H groups in total. The van der Waals surface area contributed by atoms with E-state index in [2.05, 4.69) is 0 Å². The molecule has 110 valence electrons. The van der Waals surface area contributed by atoms with Gasteiger partial charge < -0.3 is 15.7 Å². The zero-order valence-corrected chi connectivity index (χ0v) is 11.7. The predicted molar refractivity (Wildman–Crippen MR) is 76.1 cm³/mol. The maximum absolute atomic E-state index is 11.8. The number of piperazine rings is 1. The summed E-state index contributed by atoms with van der Waals surface area (Å²) in [5.41, 5.74) is 7.32. The van der Waals surface area contributed by atoms with Crippen LogP contribution in [0.25, 0.3) is 0 Å². The second-order valence-corrected chi connectivity index (χ2v) is 6.60. The lowest BCUT2D eigenvalue weighted by Crippen LogP contribution is -2.50. The smallest absolute Gasteiger partial charge is 0.320 e. The van der Waals surface area contributed by atoms with Crippen LogP contribution >= 0.6 is 0 Å². The number of hydrogen-bond acceptors (Lipinski definition) is 5. The maximum atomic E-state index is 11.8. The van der Waals surface area contributed by atoms with Gasteiger partial charge in [-0.1, -0.05) is 6.07 Å². The summed E-state index contributed by atoms with van der Waals surface area (Å²) in [5.74, 6) is -2.19. The molecule has 1 aromatic carbocycles. The largest absolute Gasteiger partial charge is 0.480 e. The Morgan fingerprint density at radius 3 is 2.45 bits per heavy atom. The lowest BCUT2D eigenvalue weighted by molar-refractivity contribution is -0.134. The Morgan fingerprint density at radius 2 is 1.90 bits per heavy atom. The van der Waals surface area contributed by atoms with E-state index in [1.54, 1.807) is 6.07 Å². The summed E-state index contributed by atoms with van der Waals surface area (Å²) in [6, 6.07) is 7.38. The molecule has 0 unspecified atom stereocenters. The third-order valence-corrected chi connectivity index (χ3v) is 4.94. The van der Waals surface area contributed by atoms with Crippen molar-refractivity contribution in [1.29, 1.82) is 0 Å². The second kappa shape index (κ2) is 5.68. The van der Waals surface area contributed by atoms with Crippen molar-refractivity contribution in [3.05, 3.63) is 24.3 Å². The first-order valence-corrected chi connectivity index (χ1v) is 7.79. The molecular formula is C12H17N3O4S. The highest BCUT2D eigenvalue weighted by molar-refractivity contribution is 7.89. The quantitative estimate of drug-likeness (QED) is 0.747. The van der Waals surface area contributed by atoms with Gasteiger partial charge in [0.25, 0.3) is 0 Å². The van der Waals surface area contributed by atoms with Crippen LogP contribution < -0.4 is 10.6 Å². The Bertz CT molecular complexity index is 594. The van der Waals surface area contributed by atoms with E-state index < -0.39 is 21.7 Å². The average Bonchev–Trinajstić information content (AvgIpc) is 2.37. The number of aliphatic carboxylic acids is 1. The number of carbonyl (C=O) groups is 1. The summed E-state index contributed by atoms with van der Waals surface area (Å²) < 4.78 is 24.8. The molecule has 0 atom stereocenters. The van der Waals surface area contributed by atoms with Gasteiger partial charge in [-0.2, -0.15) is 4.31 Å². The molecular weight excluding hydrogens is 282 g/mol. The molecule has 2 rings (SSSR count). The average molecular weight is 299 g/mol. The van der Waals surface area contributed by atoms with Crippen LogP contribution in [0.3, 0.4) is 0 Å². The molecule has 1 aromatic rings. The van der Waals surface area contributed by atoms with Crippen LogP contribution in [0.2, 0.25) is 0 Å². The molecule has 7 nitrogen and oxygen atoms in total. The minimum Gasteiger partial charge on any atom is -0.480 e. The van der Waals surface area contributed by atoms with Crippen molar-refractivity contribution < 1.29 is 18.3 Å². The number of nitrogen functional groups attached to an aromatic ring is 1. The molecule has 1 heterocycles. The Kier molecular flexibility index (Phi) is 4.15. The van der Waals surface area contributed by atoms with Gasteiger partial charge in [0.15, 0.2) is 5.75 Å². The lowest BCUT2D eigenvalue weighted by atomic mass is 10.2. The third kappa shape index (κ3) is 3.40. The molecule has 0 amide bonds. The van der Waals surface area contributed by atoms with Crippen LogP contribution in [-0.4, -0.2) is 55.7 Å². The number of hydrogen-bond donors (Lipinski definition) is 2. The number of benzene rings is 1. The van der Waals surface area contributed by atoms with Gasteiger partial charge in [-0.15, -0.1) is 0 Å². The number of sulfonamides is 1. The molecule has 1 fully saturated rings. The number of rotatable bonds is 4. The molecule has 0 saturated carbocycles. The standard InChI is InChI=1S/C12H17N3O4S/c13-10-2-1-3-11(8-10)14-4-6-15(7-5-14)20(18,19)9-12(16)17/h1-3,8H,4-7,9,13H2,(H,16,17). The number of nitrogens with zero attached hydrogens (tertiary/aromatic N) is 2. The van der Waals surface area contributed by atoms with E-state index in [0.29, 0.717) is 18.8 Å². The summed E-state index contributed by atoms with van der Waals surface area (Å²) in [4.78, 5) is 12.6. The summed E-state index contributed by atoms with van der Waals surface area (Å²) >= 11 is 0. The summed E-state index contributed by atoms with van der Waals surface area (Å²) in [6.45, 7) is 1.60. The van der Waals surface area contributed by atoms with Crippen molar-refractivity contribution in [3.8, 4) is 0 Å². The summed E-state index contributed by atoms with van der Waals surface area (Å²) in [5, 5.41) is 8.61. The van der Waals surface area contributed by atoms with Crippen molar-refractivity contribution >= 4 is 27.4 Å². The van der Waals surface area contributed by atoms with Crippen molar-refractivity contribution in [3.63, 3.8) is 0 Å². The minimum atomic E-state index is -3.71. The number of nitrogens with two attached hydrogens (primary N) is 1. The van der Waals surface area contributed by atoms with Crippen LogP contribution in [-0.2, 0) is 14.8 Å². The highest BCUT2D eigenvalue weighted by Gasteiger charge is 2.28. The Balaban J connectivity index is 2.01. The van der Waals surface area contributed by atoms with Gasteiger partial charge in [0.05, 0.1) is 0 Å². The zero-order chi connectivity index (χ0) is 14.8. The molecule has 20 heavy (non-hydrogen) atoms. The monoisotopic (exact) mass is 299 g/mol. The van der Waals surface area contributed by atoms with Crippen LogP contribution in [0.15, 0.2) is 24.3 Å². The second-order valence-electron chi connectivity index (χ2n) is 4.63. The molecule has 0 bridgehead atoms. The van der Waals surface area contributed by atoms with Gasteiger partial charge in [0.1, 0.15) is 0 Å². The number of carboxylic acids is 1. The summed E-state index contributed by atoms with van der Waals surface area (Å²) in [6.07, 6.45) is 0. The van der Waals surface area contributed by atoms with Crippen molar-refractivity contribution in [2.45, 2.75) is 0 Å². The highest BCUT2D eigenvalue weighted by Crippen LogP contribution is 2.20. The van der Waals surface area contributed by atoms with Crippen molar-refractivity contribution in [1.82, 2.24) is 4.31 Å². The molecule has 0 spiro atoms. The molecule has 1 saturated heterocycles. The van der Waals surface area contributed by atoms with Gasteiger partial charge in [-0.25, -0.2) is 8.42 Å². The van der Waals surface area contributed by atoms with Gasteiger partial charge in [-0.3, -0.25) is 4.79 Å². The van der Waals surface area contributed by atoms with E-state index in [4.69, 9.17) is 10.8 Å². The SMILES string of the molecule is Nc1cccc(N2CCN(S(=O)(=O)CC(=O)O)CC2)c1. The van der Waals surface area contributed by atoms with Gasteiger partial charge >= 0.3 is 5.97 Å². The predicted octanol–water partition coefficient (Wildman–Crippen LogP) is -0.195. The first kappa shape index (κ1) is 14.6. The molecule has 0 aliphatic carbocycles. The Morgan fingerprint density at radius 1 is 1.25 bits per heavy atom. The zero-order valence-electron chi connectivity index (χ0n) is 10.9. The van der Waals surface area contributed by atoms with E-state index >= 15 is 0 Å². The fourth-order valence-electron chi connectivity index (χ4n) is 2.19.